The highest BCUT2D eigenvalue weighted by Crippen LogP contribution is 2.30. The number of halogens is 3. The number of aliphatic hydroxyl groups excluding tert-OH is 1. The van der Waals surface area contributed by atoms with E-state index in [1.54, 1.807) is 6.20 Å². The van der Waals surface area contributed by atoms with E-state index in [0.717, 1.165) is 43.9 Å². The maximum atomic E-state index is 12.8. The number of nitrogens with zero attached hydrogens (tertiary/aromatic N) is 2. The highest BCUT2D eigenvalue weighted by Gasteiger charge is 2.31. The van der Waals surface area contributed by atoms with Gasteiger partial charge in [0.2, 0.25) is 0 Å². The van der Waals surface area contributed by atoms with Gasteiger partial charge in [0.05, 0.1) is 11.7 Å². The third-order valence-corrected chi connectivity index (χ3v) is 4.67. The SMILES string of the molecule is O[C@@H](CNC1CCN(c2ccccn2)CC1)c1cccc(C(F)(F)F)c1. The van der Waals surface area contributed by atoms with Crippen LogP contribution in [0, 0.1) is 0 Å². The predicted octanol–water partition coefficient (Wildman–Crippen LogP) is 3.39. The molecule has 2 heterocycles. The lowest BCUT2D eigenvalue weighted by Crippen LogP contribution is -2.43. The topological polar surface area (TPSA) is 48.4 Å². The average Bonchev–Trinajstić information content (AvgIpc) is 2.66. The summed E-state index contributed by atoms with van der Waals surface area (Å²) in [4.78, 5) is 6.55. The Balaban J connectivity index is 1.49. The summed E-state index contributed by atoms with van der Waals surface area (Å²) in [5, 5.41) is 13.5. The van der Waals surface area contributed by atoms with Crippen LogP contribution in [0.2, 0.25) is 0 Å². The fraction of sp³-hybridized carbons (Fsp3) is 0.421. The van der Waals surface area contributed by atoms with Gasteiger partial charge < -0.3 is 15.3 Å². The summed E-state index contributed by atoms with van der Waals surface area (Å²) >= 11 is 0. The molecule has 2 N–H and O–H groups in total. The zero-order valence-electron chi connectivity index (χ0n) is 14.3. The Bertz CT molecular complexity index is 701. The van der Waals surface area contributed by atoms with E-state index in [1.165, 1.54) is 12.1 Å². The van der Waals surface area contributed by atoms with Crippen LogP contribution in [0.3, 0.4) is 0 Å². The third-order valence-electron chi connectivity index (χ3n) is 4.67. The summed E-state index contributed by atoms with van der Waals surface area (Å²) in [6.07, 6.45) is -1.81. The Morgan fingerprint density at radius 2 is 1.92 bits per heavy atom. The molecule has 0 radical (unpaired) electrons. The van der Waals surface area contributed by atoms with Crippen LogP contribution in [-0.2, 0) is 6.18 Å². The van der Waals surface area contributed by atoms with Crippen LogP contribution in [0.1, 0.15) is 30.1 Å². The van der Waals surface area contributed by atoms with Crippen LogP contribution in [-0.4, -0.2) is 35.8 Å². The summed E-state index contributed by atoms with van der Waals surface area (Å²) in [6, 6.07) is 10.9. The van der Waals surface area contributed by atoms with Crippen LogP contribution in [0.15, 0.2) is 48.7 Å². The molecule has 1 atom stereocenters. The van der Waals surface area contributed by atoms with E-state index in [9.17, 15) is 18.3 Å². The van der Waals surface area contributed by atoms with Crippen LogP contribution >= 0.6 is 0 Å². The van der Waals surface area contributed by atoms with E-state index in [4.69, 9.17) is 0 Å². The monoisotopic (exact) mass is 365 g/mol. The summed E-state index contributed by atoms with van der Waals surface area (Å²) in [5.41, 5.74) is -0.462. The molecule has 1 aromatic heterocycles. The highest BCUT2D eigenvalue weighted by molar-refractivity contribution is 5.38. The normalized spacial score (nSPS) is 17.3. The van der Waals surface area contributed by atoms with Crippen LogP contribution in [0.25, 0.3) is 0 Å². The van der Waals surface area contributed by atoms with Crippen molar-refractivity contribution in [3.05, 3.63) is 59.8 Å². The molecule has 1 saturated heterocycles. The molecular weight excluding hydrogens is 343 g/mol. The number of alkyl halides is 3. The van der Waals surface area contributed by atoms with Crippen molar-refractivity contribution in [1.82, 2.24) is 10.3 Å². The van der Waals surface area contributed by atoms with Gasteiger partial charge in [0.1, 0.15) is 5.82 Å². The molecule has 4 nitrogen and oxygen atoms in total. The number of anilines is 1. The molecule has 1 aromatic carbocycles. The smallest absolute Gasteiger partial charge is 0.387 e. The first-order valence-electron chi connectivity index (χ1n) is 8.68. The standard InChI is InChI=1S/C19H22F3N3O/c20-19(21,22)15-5-3-4-14(12-15)17(26)13-24-16-7-10-25(11-8-16)18-6-1-2-9-23-18/h1-6,9,12,16-17,24,26H,7-8,10-11,13H2/t17-/m0/s1. The van der Waals surface area contributed by atoms with Crippen molar-refractivity contribution < 1.29 is 18.3 Å². The molecule has 140 valence electrons. The number of pyridine rings is 1. The lowest BCUT2D eigenvalue weighted by atomic mass is 10.0. The van der Waals surface area contributed by atoms with Crippen molar-refractivity contribution >= 4 is 5.82 Å². The summed E-state index contributed by atoms with van der Waals surface area (Å²) in [6.45, 7) is 1.94. The number of rotatable bonds is 5. The van der Waals surface area contributed by atoms with E-state index >= 15 is 0 Å². The van der Waals surface area contributed by atoms with Gasteiger partial charge in [-0.05, 0) is 42.7 Å². The lowest BCUT2D eigenvalue weighted by Gasteiger charge is -2.33. The van der Waals surface area contributed by atoms with E-state index in [0.29, 0.717) is 0 Å². The first kappa shape index (κ1) is 18.7. The second-order valence-corrected chi connectivity index (χ2v) is 6.50. The number of aliphatic hydroxyl groups is 1. The zero-order chi connectivity index (χ0) is 18.6. The van der Waals surface area contributed by atoms with E-state index in [-0.39, 0.29) is 18.2 Å². The van der Waals surface area contributed by atoms with E-state index < -0.39 is 17.8 Å². The van der Waals surface area contributed by atoms with Gasteiger partial charge in [-0.3, -0.25) is 0 Å². The van der Waals surface area contributed by atoms with Gasteiger partial charge in [0.15, 0.2) is 0 Å². The first-order chi connectivity index (χ1) is 12.4. The van der Waals surface area contributed by atoms with Gasteiger partial charge in [0, 0.05) is 31.9 Å². The van der Waals surface area contributed by atoms with Crippen molar-refractivity contribution in [3.8, 4) is 0 Å². The Labute approximate surface area is 150 Å². The molecule has 1 fully saturated rings. The maximum Gasteiger partial charge on any atom is 0.416 e. The Kier molecular flexibility index (Phi) is 5.78. The van der Waals surface area contributed by atoms with Gasteiger partial charge in [-0.15, -0.1) is 0 Å². The number of benzene rings is 1. The quantitative estimate of drug-likeness (QED) is 0.853. The lowest BCUT2D eigenvalue weighted by molar-refractivity contribution is -0.137. The maximum absolute atomic E-state index is 12.8. The molecule has 0 saturated carbocycles. The minimum Gasteiger partial charge on any atom is -0.387 e. The number of hydrogen-bond acceptors (Lipinski definition) is 4. The van der Waals surface area contributed by atoms with Crippen molar-refractivity contribution in [3.63, 3.8) is 0 Å². The fourth-order valence-electron chi connectivity index (χ4n) is 3.17. The Morgan fingerprint density at radius 1 is 1.15 bits per heavy atom. The van der Waals surface area contributed by atoms with Crippen LogP contribution in [0.5, 0.6) is 0 Å². The average molecular weight is 365 g/mol. The molecule has 0 bridgehead atoms. The van der Waals surface area contributed by atoms with Crippen molar-refractivity contribution in [2.45, 2.75) is 31.2 Å². The number of piperidine rings is 1. The molecule has 0 aliphatic carbocycles. The minimum atomic E-state index is -4.40. The molecule has 0 amide bonds. The highest BCUT2D eigenvalue weighted by atomic mass is 19.4. The molecule has 3 rings (SSSR count). The van der Waals surface area contributed by atoms with Gasteiger partial charge in [-0.2, -0.15) is 13.2 Å². The van der Waals surface area contributed by atoms with Crippen LogP contribution < -0.4 is 10.2 Å². The molecule has 1 aliphatic rings. The van der Waals surface area contributed by atoms with Gasteiger partial charge in [-0.25, -0.2) is 4.98 Å². The number of hydrogen-bond donors (Lipinski definition) is 2. The first-order valence-corrected chi connectivity index (χ1v) is 8.68. The minimum absolute atomic E-state index is 0.232. The summed E-state index contributed by atoms with van der Waals surface area (Å²) in [5.74, 6) is 0.954. The van der Waals surface area contributed by atoms with Gasteiger partial charge >= 0.3 is 6.18 Å². The van der Waals surface area contributed by atoms with Crippen LogP contribution in [0.4, 0.5) is 19.0 Å². The van der Waals surface area contributed by atoms with Gasteiger partial charge in [-0.1, -0.05) is 18.2 Å². The molecule has 26 heavy (non-hydrogen) atoms. The number of nitrogens with one attached hydrogen (secondary N) is 1. The Morgan fingerprint density at radius 3 is 2.58 bits per heavy atom. The van der Waals surface area contributed by atoms with E-state index in [2.05, 4.69) is 15.2 Å². The van der Waals surface area contributed by atoms with Gasteiger partial charge in [0.25, 0.3) is 0 Å². The summed E-state index contributed by atoms with van der Waals surface area (Å²) < 4.78 is 38.3. The predicted molar refractivity (Wildman–Crippen MR) is 93.9 cm³/mol. The zero-order valence-corrected chi connectivity index (χ0v) is 14.3. The molecule has 0 spiro atoms. The Hall–Kier alpha value is -2.12. The van der Waals surface area contributed by atoms with E-state index in [1.807, 2.05) is 18.2 Å². The second-order valence-electron chi connectivity index (χ2n) is 6.50. The molecule has 7 heteroatoms. The molecule has 1 aliphatic heterocycles. The molecule has 0 unspecified atom stereocenters. The van der Waals surface area contributed by atoms with Crippen molar-refractivity contribution in [1.29, 1.82) is 0 Å². The number of aromatic nitrogens is 1. The summed E-state index contributed by atoms with van der Waals surface area (Å²) in [7, 11) is 0. The second kappa shape index (κ2) is 8.05. The third kappa shape index (κ3) is 4.74. The van der Waals surface area contributed by atoms with Crippen molar-refractivity contribution in [2.75, 3.05) is 24.5 Å². The fourth-order valence-corrected chi connectivity index (χ4v) is 3.17. The molecule has 2 aromatic rings. The largest absolute Gasteiger partial charge is 0.416 e. The molecular formula is C19H22F3N3O. The van der Waals surface area contributed by atoms with Crippen molar-refractivity contribution in [2.24, 2.45) is 0 Å².